The van der Waals surface area contributed by atoms with Gasteiger partial charge in [-0.3, -0.25) is 4.98 Å². The van der Waals surface area contributed by atoms with Crippen molar-refractivity contribution in [1.82, 2.24) is 4.98 Å². The molecule has 16 heavy (non-hydrogen) atoms. The highest BCUT2D eigenvalue weighted by Gasteiger charge is 2.09. The first-order valence-electron chi connectivity index (χ1n) is 5.35. The van der Waals surface area contributed by atoms with Gasteiger partial charge in [0.05, 0.1) is 5.02 Å². The van der Waals surface area contributed by atoms with E-state index in [4.69, 9.17) is 11.6 Å². The molecule has 0 saturated carbocycles. The van der Waals surface area contributed by atoms with Crippen LogP contribution in [0.3, 0.4) is 0 Å². The fourth-order valence-corrected chi connectivity index (χ4v) is 2.11. The molecule has 1 aromatic carbocycles. The van der Waals surface area contributed by atoms with Crippen molar-refractivity contribution in [1.29, 1.82) is 0 Å². The molecule has 1 nitrogen and oxygen atoms in total. The number of nitrogens with zero attached hydrogens (tertiary/aromatic N) is 1. The molecule has 0 aliphatic rings. The molecule has 0 saturated heterocycles. The molecule has 0 unspecified atom stereocenters. The van der Waals surface area contributed by atoms with Crippen LogP contribution in [-0.4, -0.2) is 4.98 Å². The van der Waals surface area contributed by atoms with Gasteiger partial charge in [0.1, 0.15) is 0 Å². The van der Waals surface area contributed by atoms with Crippen LogP contribution in [0.15, 0.2) is 30.3 Å². The summed E-state index contributed by atoms with van der Waals surface area (Å²) in [5.41, 5.74) is 3.98. The Bertz CT molecular complexity index is 468. The Balaban J connectivity index is 2.58. The smallest absolute Gasteiger partial charge is 0.0520 e. The van der Waals surface area contributed by atoms with E-state index in [9.17, 15) is 0 Å². The number of halogens is 1. The molecule has 0 aliphatic carbocycles. The first kappa shape index (κ1) is 11.2. The third-order valence-electron chi connectivity index (χ3n) is 2.55. The van der Waals surface area contributed by atoms with Gasteiger partial charge in [-0.1, -0.05) is 42.8 Å². The minimum absolute atomic E-state index is 0.756. The molecular weight excluding hydrogens is 218 g/mol. The van der Waals surface area contributed by atoms with Crippen LogP contribution in [0.4, 0.5) is 0 Å². The Hall–Kier alpha value is -1.34. The van der Waals surface area contributed by atoms with E-state index in [1.165, 1.54) is 0 Å². The maximum absolute atomic E-state index is 6.29. The summed E-state index contributed by atoms with van der Waals surface area (Å²) in [4.78, 5) is 4.52. The van der Waals surface area contributed by atoms with Gasteiger partial charge >= 0.3 is 0 Å². The molecule has 2 aromatic rings. The van der Waals surface area contributed by atoms with Crippen LogP contribution >= 0.6 is 11.6 Å². The average Bonchev–Trinajstić information content (AvgIpc) is 2.29. The van der Waals surface area contributed by atoms with Crippen molar-refractivity contribution in [3.05, 3.63) is 52.8 Å². The molecule has 1 aromatic heterocycles. The van der Waals surface area contributed by atoms with Crippen molar-refractivity contribution in [2.24, 2.45) is 0 Å². The molecule has 81 valence electrons. The number of pyridine rings is 1. The third-order valence-corrected chi connectivity index (χ3v) is 2.84. The molecular formula is C14H13ClN. The first-order valence-corrected chi connectivity index (χ1v) is 5.73. The first-order chi connectivity index (χ1) is 7.72. The van der Waals surface area contributed by atoms with E-state index in [-0.39, 0.29) is 0 Å². The van der Waals surface area contributed by atoms with E-state index in [2.05, 4.69) is 18.0 Å². The normalized spacial score (nSPS) is 10.4. The van der Waals surface area contributed by atoms with Crippen molar-refractivity contribution >= 4 is 11.6 Å². The van der Waals surface area contributed by atoms with Gasteiger partial charge in [-0.15, -0.1) is 0 Å². The van der Waals surface area contributed by atoms with Gasteiger partial charge in [0.25, 0.3) is 0 Å². The van der Waals surface area contributed by atoms with Gasteiger partial charge in [0.15, 0.2) is 0 Å². The van der Waals surface area contributed by atoms with Crippen molar-refractivity contribution < 1.29 is 0 Å². The molecule has 0 N–H and O–H groups in total. The minimum atomic E-state index is 0.756. The van der Waals surface area contributed by atoms with Gasteiger partial charge in [-0.2, -0.15) is 0 Å². The van der Waals surface area contributed by atoms with Gasteiger partial charge in [0.2, 0.25) is 0 Å². The van der Waals surface area contributed by atoms with E-state index >= 15 is 0 Å². The lowest BCUT2D eigenvalue weighted by atomic mass is 10.0. The summed E-state index contributed by atoms with van der Waals surface area (Å²) in [6.45, 7) is 4.06. The Morgan fingerprint density at radius 1 is 1.38 bits per heavy atom. The van der Waals surface area contributed by atoms with Crippen LogP contribution in [0.5, 0.6) is 0 Å². The summed E-state index contributed by atoms with van der Waals surface area (Å²) in [5, 5.41) is 0.756. The van der Waals surface area contributed by atoms with Crippen molar-refractivity contribution in [2.45, 2.75) is 20.3 Å². The Labute approximate surface area is 101 Å². The van der Waals surface area contributed by atoms with Crippen LogP contribution in [0, 0.1) is 13.0 Å². The fraction of sp³-hybridized carbons (Fsp3) is 0.214. The summed E-state index contributed by atoms with van der Waals surface area (Å²) in [6.07, 6.45) is 0.902. The van der Waals surface area contributed by atoms with E-state index in [1.54, 1.807) is 0 Å². The topological polar surface area (TPSA) is 12.9 Å². The Morgan fingerprint density at radius 3 is 2.75 bits per heavy atom. The molecule has 2 heteroatoms. The van der Waals surface area contributed by atoms with Gasteiger partial charge in [0, 0.05) is 17.0 Å². The molecule has 0 bridgehead atoms. The predicted octanol–water partition coefficient (Wildman–Crippen LogP) is 4.07. The zero-order valence-corrected chi connectivity index (χ0v) is 10.2. The second-order valence-corrected chi connectivity index (χ2v) is 4.09. The number of hydrogen-bond donors (Lipinski definition) is 0. The molecule has 0 spiro atoms. The fourth-order valence-electron chi connectivity index (χ4n) is 1.75. The number of rotatable bonds is 2. The van der Waals surface area contributed by atoms with E-state index in [0.717, 1.165) is 34.0 Å². The average molecular weight is 231 g/mol. The summed E-state index contributed by atoms with van der Waals surface area (Å²) in [5.74, 6) is 0. The van der Waals surface area contributed by atoms with Crippen molar-refractivity contribution in [3.8, 4) is 11.1 Å². The quantitative estimate of drug-likeness (QED) is 0.758. The molecule has 0 aliphatic heterocycles. The van der Waals surface area contributed by atoms with Crippen molar-refractivity contribution in [2.75, 3.05) is 0 Å². The number of aryl methyl sites for hydroxylation is 2. The standard InChI is InChI=1S/C14H13ClN/c1-3-12-9-13(15)14(10(2)16-12)11-7-5-4-6-8-11/h4-7,9H,3H2,1-2H3. The molecule has 2 rings (SSSR count). The van der Waals surface area contributed by atoms with E-state index < -0.39 is 0 Å². The lowest BCUT2D eigenvalue weighted by molar-refractivity contribution is 1.01. The molecule has 0 amide bonds. The lowest BCUT2D eigenvalue weighted by Crippen LogP contribution is -1.94. The van der Waals surface area contributed by atoms with Crippen molar-refractivity contribution in [3.63, 3.8) is 0 Å². The Kier molecular flexibility index (Phi) is 3.25. The summed E-state index contributed by atoms with van der Waals surface area (Å²) in [7, 11) is 0. The zero-order valence-electron chi connectivity index (χ0n) is 9.42. The highest BCUT2D eigenvalue weighted by molar-refractivity contribution is 6.33. The SMILES string of the molecule is CCc1cc(Cl)c(-c2[c]cccc2)c(C)n1. The lowest BCUT2D eigenvalue weighted by Gasteiger charge is -2.09. The molecule has 1 radical (unpaired) electrons. The third kappa shape index (κ3) is 2.10. The largest absolute Gasteiger partial charge is 0.257 e. The Morgan fingerprint density at radius 2 is 2.19 bits per heavy atom. The van der Waals surface area contributed by atoms with Gasteiger partial charge in [-0.05, 0) is 31.0 Å². The maximum Gasteiger partial charge on any atom is 0.0520 e. The highest BCUT2D eigenvalue weighted by atomic mass is 35.5. The predicted molar refractivity (Wildman–Crippen MR) is 67.6 cm³/mol. The summed E-state index contributed by atoms with van der Waals surface area (Å²) in [6, 6.07) is 12.9. The molecule has 0 atom stereocenters. The summed E-state index contributed by atoms with van der Waals surface area (Å²) < 4.78 is 0. The zero-order chi connectivity index (χ0) is 11.5. The minimum Gasteiger partial charge on any atom is -0.257 e. The summed E-state index contributed by atoms with van der Waals surface area (Å²) >= 11 is 6.29. The molecule has 0 fully saturated rings. The van der Waals surface area contributed by atoms with Crippen LogP contribution in [-0.2, 0) is 6.42 Å². The number of aromatic nitrogens is 1. The van der Waals surface area contributed by atoms with Crippen LogP contribution in [0.25, 0.3) is 11.1 Å². The number of benzene rings is 1. The second kappa shape index (κ2) is 4.67. The molecule has 1 heterocycles. The van der Waals surface area contributed by atoms with Gasteiger partial charge in [-0.25, -0.2) is 0 Å². The number of hydrogen-bond acceptors (Lipinski definition) is 1. The second-order valence-electron chi connectivity index (χ2n) is 3.69. The van der Waals surface area contributed by atoms with Crippen LogP contribution in [0.1, 0.15) is 18.3 Å². The highest BCUT2D eigenvalue weighted by Crippen LogP contribution is 2.30. The van der Waals surface area contributed by atoms with Crippen LogP contribution < -0.4 is 0 Å². The maximum atomic E-state index is 6.29. The monoisotopic (exact) mass is 230 g/mol. The van der Waals surface area contributed by atoms with Crippen LogP contribution in [0.2, 0.25) is 5.02 Å². The van der Waals surface area contributed by atoms with E-state index in [0.29, 0.717) is 0 Å². The van der Waals surface area contributed by atoms with Gasteiger partial charge < -0.3 is 0 Å². The van der Waals surface area contributed by atoms with E-state index in [1.807, 2.05) is 37.3 Å².